The van der Waals surface area contributed by atoms with Crippen LogP contribution in [0.4, 0.5) is 0 Å². The minimum Gasteiger partial charge on any atom is -0.497 e. The molecule has 0 bridgehead atoms. The number of methoxy groups -OCH3 is 2. The molecule has 1 saturated carbocycles. The van der Waals surface area contributed by atoms with E-state index in [0.717, 1.165) is 12.8 Å². The number of halogens is 1. The summed E-state index contributed by atoms with van der Waals surface area (Å²) in [5, 5.41) is 6.60. The largest absolute Gasteiger partial charge is 0.497 e. The molecule has 0 aliphatic heterocycles. The van der Waals surface area contributed by atoms with Crippen molar-refractivity contribution in [3.63, 3.8) is 0 Å². The highest BCUT2D eigenvalue weighted by Crippen LogP contribution is 2.47. The molecule has 0 spiro atoms. The quantitative estimate of drug-likeness (QED) is 0.613. The Kier molecular flexibility index (Phi) is 7.11. The minimum absolute atomic E-state index is 0.0497. The molecule has 31 heavy (non-hydrogen) atoms. The first kappa shape index (κ1) is 22.9. The lowest BCUT2D eigenvalue weighted by Gasteiger charge is -2.24. The number of nitrogens with one attached hydrogen (secondary N) is 2. The maximum absolute atomic E-state index is 13.0. The Bertz CT molecular complexity index is 917. The molecule has 1 atom stereocenters. The summed E-state index contributed by atoms with van der Waals surface area (Å²) in [6, 6.07) is 12.0. The summed E-state index contributed by atoms with van der Waals surface area (Å²) in [7, 11) is 3.05. The van der Waals surface area contributed by atoms with Crippen LogP contribution in [0.15, 0.2) is 42.5 Å². The van der Waals surface area contributed by atoms with Crippen molar-refractivity contribution in [2.24, 2.45) is 5.92 Å². The van der Waals surface area contributed by atoms with Crippen molar-refractivity contribution in [3.05, 3.63) is 58.6 Å². The van der Waals surface area contributed by atoms with Crippen LogP contribution >= 0.6 is 11.6 Å². The highest BCUT2D eigenvalue weighted by molar-refractivity contribution is 6.30. The molecule has 1 fully saturated rings. The molecule has 166 valence electrons. The zero-order valence-electron chi connectivity index (χ0n) is 18.3. The predicted molar refractivity (Wildman–Crippen MR) is 121 cm³/mol. The lowest BCUT2D eigenvalue weighted by molar-refractivity contribution is -0.124. The molecule has 7 heteroatoms. The molecule has 2 aromatic rings. The van der Waals surface area contributed by atoms with Gasteiger partial charge in [-0.05, 0) is 48.6 Å². The maximum atomic E-state index is 13.0. The van der Waals surface area contributed by atoms with Crippen LogP contribution in [0.2, 0.25) is 5.02 Å². The van der Waals surface area contributed by atoms with Crippen molar-refractivity contribution in [2.45, 2.75) is 38.1 Å². The zero-order chi connectivity index (χ0) is 22.6. The van der Waals surface area contributed by atoms with Gasteiger partial charge in [-0.2, -0.15) is 0 Å². The van der Waals surface area contributed by atoms with Gasteiger partial charge in [0.25, 0.3) is 5.91 Å². The summed E-state index contributed by atoms with van der Waals surface area (Å²) in [6.45, 7) is 4.34. The van der Waals surface area contributed by atoms with E-state index in [2.05, 4.69) is 10.6 Å². The Morgan fingerprint density at radius 2 is 1.61 bits per heavy atom. The van der Waals surface area contributed by atoms with E-state index in [1.54, 1.807) is 18.2 Å². The molecular formula is C24H29ClN2O4. The summed E-state index contributed by atoms with van der Waals surface area (Å²) in [5.41, 5.74) is 1.49. The molecule has 0 heterocycles. The van der Waals surface area contributed by atoms with E-state index in [1.165, 1.54) is 19.8 Å². The third-order valence-corrected chi connectivity index (χ3v) is 6.01. The summed E-state index contributed by atoms with van der Waals surface area (Å²) in [4.78, 5) is 25.8. The molecule has 6 nitrogen and oxygen atoms in total. The highest BCUT2D eigenvalue weighted by Gasteiger charge is 2.44. The first-order valence-corrected chi connectivity index (χ1v) is 10.7. The van der Waals surface area contributed by atoms with Gasteiger partial charge in [-0.25, -0.2) is 0 Å². The van der Waals surface area contributed by atoms with Crippen LogP contribution in [0.3, 0.4) is 0 Å². The van der Waals surface area contributed by atoms with Gasteiger partial charge < -0.3 is 20.1 Å². The van der Waals surface area contributed by atoms with Crippen molar-refractivity contribution in [1.82, 2.24) is 10.6 Å². The molecule has 2 N–H and O–H groups in total. The van der Waals surface area contributed by atoms with Gasteiger partial charge in [0.1, 0.15) is 17.5 Å². The molecule has 1 aliphatic carbocycles. The first-order valence-electron chi connectivity index (χ1n) is 10.4. The van der Waals surface area contributed by atoms with Gasteiger partial charge in [0, 0.05) is 28.6 Å². The lowest BCUT2D eigenvalue weighted by atomic mass is 9.95. The molecule has 1 aliphatic rings. The van der Waals surface area contributed by atoms with Gasteiger partial charge >= 0.3 is 0 Å². The Morgan fingerprint density at radius 3 is 2.10 bits per heavy atom. The van der Waals surface area contributed by atoms with Gasteiger partial charge in [0.2, 0.25) is 5.91 Å². The van der Waals surface area contributed by atoms with Gasteiger partial charge in [-0.15, -0.1) is 0 Å². The maximum Gasteiger partial charge on any atom is 0.252 e. The fraction of sp³-hybridized carbons (Fsp3) is 0.417. The topological polar surface area (TPSA) is 76.7 Å². The molecule has 0 saturated heterocycles. The normalized spacial score (nSPS) is 15.2. The number of amides is 2. The number of rotatable bonds is 9. The van der Waals surface area contributed by atoms with Crippen molar-refractivity contribution in [2.75, 3.05) is 20.8 Å². The van der Waals surface area contributed by atoms with Crippen molar-refractivity contribution < 1.29 is 19.1 Å². The highest BCUT2D eigenvalue weighted by atomic mass is 35.5. The van der Waals surface area contributed by atoms with Crippen LogP contribution < -0.4 is 20.1 Å². The van der Waals surface area contributed by atoms with Crippen LogP contribution in [0.5, 0.6) is 11.5 Å². The van der Waals surface area contributed by atoms with E-state index in [9.17, 15) is 9.59 Å². The summed E-state index contributed by atoms with van der Waals surface area (Å²) >= 11 is 6.00. The molecule has 3 rings (SSSR count). The standard InChI is InChI=1S/C24H29ClN2O4/c1-15(2)21(27-22(28)16-11-19(30-3)13-20(12-16)31-4)23(29)26-14-24(9-10-24)17-5-7-18(25)8-6-17/h5-8,11-13,15,21H,9-10,14H2,1-4H3,(H,26,29)(H,27,28). The zero-order valence-corrected chi connectivity index (χ0v) is 19.1. The van der Waals surface area contributed by atoms with Crippen LogP contribution in [-0.2, 0) is 10.2 Å². The van der Waals surface area contributed by atoms with Gasteiger partial charge in [-0.1, -0.05) is 37.6 Å². The van der Waals surface area contributed by atoms with Crippen LogP contribution in [0, 0.1) is 5.92 Å². The Morgan fingerprint density at radius 1 is 1.03 bits per heavy atom. The number of hydrogen-bond donors (Lipinski definition) is 2. The molecule has 2 aromatic carbocycles. The Hall–Kier alpha value is -2.73. The second-order valence-corrected chi connectivity index (χ2v) is 8.74. The fourth-order valence-electron chi connectivity index (χ4n) is 3.59. The molecular weight excluding hydrogens is 416 g/mol. The average Bonchev–Trinajstić information content (AvgIpc) is 3.56. The number of carbonyl (C=O) groups is 2. The summed E-state index contributed by atoms with van der Waals surface area (Å²) in [5.74, 6) is 0.382. The van der Waals surface area contributed by atoms with Gasteiger partial charge in [0.05, 0.1) is 14.2 Å². The molecule has 0 aromatic heterocycles. The van der Waals surface area contributed by atoms with Gasteiger partial charge in [-0.3, -0.25) is 9.59 Å². The van der Waals surface area contributed by atoms with Crippen molar-refractivity contribution in [1.29, 1.82) is 0 Å². The molecule has 1 unspecified atom stereocenters. The lowest BCUT2D eigenvalue weighted by Crippen LogP contribution is -2.51. The molecule has 2 amide bonds. The van der Waals surface area contributed by atoms with E-state index >= 15 is 0 Å². The van der Waals surface area contributed by atoms with E-state index in [0.29, 0.717) is 28.6 Å². The fourth-order valence-corrected chi connectivity index (χ4v) is 3.71. The Labute approximate surface area is 188 Å². The number of ether oxygens (including phenoxy) is 2. The summed E-state index contributed by atoms with van der Waals surface area (Å²) < 4.78 is 10.5. The Balaban J connectivity index is 1.67. The van der Waals surface area contributed by atoms with E-state index in [1.807, 2.05) is 38.1 Å². The molecule has 0 radical (unpaired) electrons. The van der Waals surface area contributed by atoms with Crippen LogP contribution in [0.1, 0.15) is 42.6 Å². The van der Waals surface area contributed by atoms with Crippen LogP contribution in [0.25, 0.3) is 0 Å². The summed E-state index contributed by atoms with van der Waals surface area (Å²) in [6.07, 6.45) is 2.02. The van der Waals surface area contributed by atoms with Gasteiger partial charge in [0.15, 0.2) is 0 Å². The third-order valence-electron chi connectivity index (χ3n) is 5.76. The number of benzene rings is 2. The van der Waals surface area contributed by atoms with Crippen molar-refractivity contribution >= 4 is 23.4 Å². The van der Waals surface area contributed by atoms with E-state index < -0.39 is 6.04 Å². The van der Waals surface area contributed by atoms with E-state index in [-0.39, 0.29) is 23.1 Å². The number of hydrogen-bond acceptors (Lipinski definition) is 4. The first-order chi connectivity index (χ1) is 14.8. The monoisotopic (exact) mass is 444 g/mol. The second kappa shape index (κ2) is 9.60. The second-order valence-electron chi connectivity index (χ2n) is 8.30. The average molecular weight is 445 g/mol. The minimum atomic E-state index is -0.661. The SMILES string of the molecule is COc1cc(OC)cc(C(=O)NC(C(=O)NCC2(c3ccc(Cl)cc3)CC2)C(C)C)c1. The van der Waals surface area contributed by atoms with Crippen LogP contribution in [-0.4, -0.2) is 38.6 Å². The smallest absolute Gasteiger partial charge is 0.252 e. The third kappa shape index (κ3) is 5.50. The predicted octanol–water partition coefficient (Wildman–Crippen LogP) is 3.96. The number of carbonyl (C=O) groups excluding carboxylic acids is 2. The van der Waals surface area contributed by atoms with E-state index in [4.69, 9.17) is 21.1 Å². The van der Waals surface area contributed by atoms with Crippen molar-refractivity contribution in [3.8, 4) is 11.5 Å².